The lowest BCUT2D eigenvalue weighted by Gasteiger charge is -2.09. The first kappa shape index (κ1) is 11.5. The number of anilines is 2. The summed E-state index contributed by atoms with van der Waals surface area (Å²) in [5, 5.41) is 2.58. The number of nitrogen functional groups attached to an aromatic ring is 1. The van der Waals surface area contributed by atoms with Crippen LogP contribution in [0, 0.1) is 11.7 Å². The Bertz CT molecular complexity index is 364. The summed E-state index contributed by atoms with van der Waals surface area (Å²) in [6, 6.07) is 3.90. The number of halogens is 1. The van der Waals surface area contributed by atoms with E-state index in [4.69, 9.17) is 5.73 Å². The number of carbonyl (C=O) groups excluding carboxylic acids is 1. The van der Waals surface area contributed by atoms with Crippen molar-refractivity contribution in [3.63, 3.8) is 0 Å². The predicted molar refractivity (Wildman–Crippen MR) is 58.9 cm³/mol. The van der Waals surface area contributed by atoms with Crippen LogP contribution in [0.1, 0.15) is 20.3 Å². The predicted octanol–water partition coefficient (Wildman–Crippen LogP) is 2.39. The lowest BCUT2D eigenvalue weighted by atomic mass is 10.1. The third-order valence-electron chi connectivity index (χ3n) is 1.88. The summed E-state index contributed by atoms with van der Waals surface area (Å²) in [5.74, 6) is -0.300. The van der Waals surface area contributed by atoms with Crippen molar-refractivity contribution in [1.82, 2.24) is 0 Å². The van der Waals surface area contributed by atoms with E-state index in [1.807, 2.05) is 13.8 Å². The van der Waals surface area contributed by atoms with E-state index in [0.29, 0.717) is 17.8 Å². The summed E-state index contributed by atoms with van der Waals surface area (Å²) in [5.41, 5.74) is 6.29. The first-order chi connectivity index (χ1) is 6.99. The van der Waals surface area contributed by atoms with E-state index < -0.39 is 5.82 Å². The Morgan fingerprint density at radius 2 is 2.20 bits per heavy atom. The van der Waals surface area contributed by atoms with E-state index in [2.05, 4.69) is 5.32 Å². The number of amides is 1. The van der Waals surface area contributed by atoms with Gasteiger partial charge in [0.1, 0.15) is 5.82 Å². The molecule has 0 unspecified atom stereocenters. The van der Waals surface area contributed by atoms with Crippen molar-refractivity contribution < 1.29 is 9.18 Å². The largest absolute Gasteiger partial charge is 0.397 e. The number of rotatable bonds is 3. The average molecular weight is 210 g/mol. The van der Waals surface area contributed by atoms with Crippen molar-refractivity contribution in [2.45, 2.75) is 20.3 Å². The van der Waals surface area contributed by atoms with E-state index in [0.717, 1.165) is 0 Å². The Labute approximate surface area is 88.5 Å². The number of carbonyl (C=O) groups is 1. The van der Waals surface area contributed by atoms with Gasteiger partial charge in [0.2, 0.25) is 5.91 Å². The van der Waals surface area contributed by atoms with Crippen molar-refractivity contribution in [3.05, 3.63) is 24.0 Å². The Hall–Kier alpha value is -1.58. The molecule has 0 aliphatic rings. The Morgan fingerprint density at radius 3 is 2.80 bits per heavy atom. The second-order valence-corrected chi connectivity index (χ2v) is 3.88. The molecule has 0 aromatic heterocycles. The zero-order valence-electron chi connectivity index (χ0n) is 8.88. The van der Waals surface area contributed by atoms with Gasteiger partial charge in [0.05, 0.1) is 11.4 Å². The molecule has 0 atom stereocenters. The molecule has 0 aliphatic heterocycles. The maximum absolute atomic E-state index is 12.9. The molecule has 0 radical (unpaired) electrons. The van der Waals surface area contributed by atoms with E-state index in [9.17, 15) is 9.18 Å². The standard InChI is InChI=1S/C11H15FN2O/c1-7(2)5-11(15)14-10-6-8(12)3-4-9(10)13/h3-4,6-7H,5,13H2,1-2H3,(H,14,15). The average Bonchev–Trinajstić information content (AvgIpc) is 2.10. The van der Waals surface area contributed by atoms with Gasteiger partial charge in [-0.1, -0.05) is 13.8 Å². The van der Waals surface area contributed by atoms with Crippen molar-refractivity contribution >= 4 is 17.3 Å². The van der Waals surface area contributed by atoms with E-state index in [1.54, 1.807) is 0 Å². The highest BCUT2D eigenvalue weighted by Crippen LogP contribution is 2.19. The lowest BCUT2D eigenvalue weighted by molar-refractivity contribution is -0.116. The zero-order valence-corrected chi connectivity index (χ0v) is 8.88. The molecule has 0 fully saturated rings. The van der Waals surface area contributed by atoms with Gasteiger partial charge >= 0.3 is 0 Å². The SMILES string of the molecule is CC(C)CC(=O)Nc1cc(F)ccc1N. The molecule has 0 heterocycles. The molecule has 0 aliphatic carbocycles. The van der Waals surface area contributed by atoms with Crippen LogP contribution in [0.3, 0.4) is 0 Å². The molecular weight excluding hydrogens is 195 g/mol. The highest BCUT2D eigenvalue weighted by atomic mass is 19.1. The number of nitrogens with two attached hydrogens (primary N) is 1. The van der Waals surface area contributed by atoms with Gasteiger partial charge in [-0.15, -0.1) is 0 Å². The summed E-state index contributed by atoms with van der Waals surface area (Å²) in [4.78, 5) is 11.4. The maximum atomic E-state index is 12.9. The quantitative estimate of drug-likeness (QED) is 0.752. The van der Waals surface area contributed by atoms with Crippen LogP contribution in [0.25, 0.3) is 0 Å². The first-order valence-electron chi connectivity index (χ1n) is 4.84. The van der Waals surface area contributed by atoms with Gasteiger partial charge in [-0.25, -0.2) is 4.39 Å². The molecule has 15 heavy (non-hydrogen) atoms. The summed E-state index contributed by atoms with van der Waals surface area (Å²) < 4.78 is 12.9. The molecule has 3 N–H and O–H groups in total. The number of hydrogen-bond donors (Lipinski definition) is 2. The van der Waals surface area contributed by atoms with Gasteiger partial charge in [-0.05, 0) is 24.1 Å². The minimum Gasteiger partial charge on any atom is -0.397 e. The Morgan fingerprint density at radius 1 is 1.53 bits per heavy atom. The van der Waals surface area contributed by atoms with Crippen molar-refractivity contribution in [2.24, 2.45) is 5.92 Å². The maximum Gasteiger partial charge on any atom is 0.224 e. The third kappa shape index (κ3) is 3.58. The molecule has 1 rings (SSSR count). The molecule has 82 valence electrons. The van der Waals surface area contributed by atoms with Crippen molar-refractivity contribution in [1.29, 1.82) is 0 Å². The van der Waals surface area contributed by atoms with Crippen LogP contribution < -0.4 is 11.1 Å². The van der Waals surface area contributed by atoms with Crippen LogP contribution in [0.15, 0.2) is 18.2 Å². The van der Waals surface area contributed by atoms with Crippen molar-refractivity contribution in [3.8, 4) is 0 Å². The number of nitrogens with one attached hydrogen (secondary N) is 1. The summed E-state index contributed by atoms with van der Waals surface area (Å²) in [6.07, 6.45) is 0.399. The number of hydrogen-bond acceptors (Lipinski definition) is 2. The fourth-order valence-corrected chi connectivity index (χ4v) is 1.21. The summed E-state index contributed by atoms with van der Waals surface area (Å²) in [7, 11) is 0. The zero-order chi connectivity index (χ0) is 11.4. The molecule has 3 nitrogen and oxygen atoms in total. The molecule has 1 aromatic carbocycles. The molecule has 0 saturated carbocycles. The smallest absolute Gasteiger partial charge is 0.224 e. The summed E-state index contributed by atoms with van der Waals surface area (Å²) >= 11 is 0. The van der Waals surface area contributed by atoms with Gasteiger partial charge in [0, 0.05) is 6.42 Å². The van der Waals surface area contributed by atoms with Gasteiger partial charge in [0.15, 0.2) is 0 Å². The minimum absolute atomic E-state index is 0.151. The molecule has 0 saturated heterocycles. The van der Waals surface area contributed by atoms with Gasteiger partial charge < -0.3 is 11.1 Å². The Kier molecular flexibility index (Phi) is 3.66. The van der Waals surface area contributed by atoms with Crippen LogP contribution >= 0.6 is 0 Å². The third-order valence-corrected chi connectivity index (χ3v) is 1.88. The van der Waals surface area contributed by atoms with Gasteiger partial charge in [0.25, 0.3) is 0 Å². The normalized spacial score (nSPS) is 10.4. The molecule has 0 spiro atoms. The first-order valence-corrected chi connectivity index (χ1v) is 4.84. The Balaban J connectivity index is 2.71. The summed E-state index contributed by atoms with van der Waals surface area (Å²) in [6.45, 7) is 3.88. The van der Waals surface area contributed by atoms with E-state index in [1.165, 1.54) is 18.2 Å². The fourth-order valence-electron chi connectivity index (χ4n) is 1.21. The van der Waals surface area contributed by atoms with Crippen LogP contribution in [0.4, 0.5) is 15.8 Å². The van der Waals surface area contributed by atoms with Crippen LogP contribution in [0.5, 0.6) is 0 Å². The van der Waals surface area contributed by atoms with Crippen LogP contribution in [0.2, 0.25) is 0 Å². The van der Waals surface area contributed by atoms with E-state index in [-0.39, 0.29) is 11.8 Å². The monoisotopic (exact) mass is 210 g/mol. The molecule has 4 heteroatoms. The lowest BCUT2D eigenvalue weighted by Crippen LogP contribution is -2.15. The van der Waals surface area contributed by atoms with Crippen molar-refractivity contribution in [2.75, 3.05) is 11.1 Å². The topological polar surface area (TPSA) is 55.1 Å². The fraction of sp³-hybridized carbons (Fsp3) is 0.364. The van der Waals surface area contributed by atoms with Gasteiger partial charge in [-0.2, -0.15) is 0 Å². The number of benzene rings is 1. The molecule has 1 amide bonds. The molecule has 0 bridgehead atoms. The minimum atomic E-state index is -0.413. The van der Waals surface area contributed by atoms with E-state index >= 15 is 0 Å². The highest BCUT2D eigenvalue weighted by Gasteiger charge is 2.07. The van der Waals surface area contributed by atoms with Crippen LogP contribution in [-0.2, 0) is 4.79 Å². The second kappa shape index (κ2) is 4.77. The van der Waals surface area contributed by atoms with Crippen LogP contribution in [-0.4, -0.2) is 5.91 Å². The molecular formula is C11H15FN2O. The highest BCUT2D eigenvalue weighted by molar-refractivity contribution is 5.93. The second-order valence-electron chi connectivity index (χ2n) is 3.88. The molecule has 1 aromatic rings. The van der Waals surface area contributed by atoms with Gasteiger partial charge in [-0.3, -0.25) is 4.79 Å².